The number of rotatable bonds is 5. The van der Waals surface area contributed by atoms with Gasteiger partial charge in [0.15, 0.2) is 0 Å². The minimum atomic E-state index is -0.0861. The lowest BCUT2D eigenvalue weighted by atomic mass is 10.1. The molecule has 0 aliphatic carbocycles. The predicted octanol–water partition coefficient (Wildman–Crippen LogP) is 1.01. The fourth-order valence-electron chi connectivity index (χ4n) is 1.88. The number of carbonyl (C=O) groups is 1. The Hall–Kier alpha value is -2.58. The van der Waals surface area contributed by atoms with Gasteiger partial charge >= 0.3 is 0 Å². The van der Waals surface area contributed by atoms with Crippen LogP contribution in [-0.2, 0) is 6.54 Å². The van der Waals surface area contributed by atoms with Crippen LogP contribution in [0.2, 0.25) is 0 Å². The molecule has 5 nitrogen and oxygen atoms in total. The largest absolute Gasteiger partial charge is 0.352 e. The molecular weight excluding hydrogens is 264 g/mol. The highest BCUT2D eigenvalue weighted by Gasteiger charge is 2.04. The summed E-state index contributed by atoms with van der Waals surface area (Å²) in [6.07, 6.45) is 6.27. The van der Waals surface area contributed by atoms with Crippen molar-refractivity contribution in [1.82, 2.24) is 14.9 Å². The molecule has 0 aliphatic rings. The minimum Gasteiger partial charge on any atom is -0.352 e. The Morgan fingerprint density at radius 2 is 2.33 bits per heavy atom. The highest BCUT2D eigenvalue weighted by Crippen LogP contribution is 2.04. The molecule has 1 heterocycles. The van der Waals surface area contributed by atoms with Gasteiger partial charge in [0.1, 0.15) is 0 Å². The summed E-state index contributed by atoms with van der Waals surface area (Å²) in [5.41, 5.74) is 6.75. The summed E-state index contributed by atoms with van der Waals surface area (Å²) >= 11 is 0. The van der Waals surface area contributed by atoms with Crippen molar-refractivity contribution in [2.75, 3.05) is 13.1 Å². The molecule has 0 aliphatic heterocycles. The molecule has 5 heteroatoms. The van der Waals surface area contributed by atoms with Crippen LogP contribution in [0.4, 0.5) is 0 Å². The van der Waals surface area contributed by atoms with Crippen LogP contribution in [0.1, 0.15) is 22.3 Å². The van der Waals surface area contributed by atoms with Gasteiger partial charge < -0.3 is 15.6 Å². The monoisotopic (exact) mass is 282 g/mol. The fraction of sp³-hybridized carbons (Fsp3) is 0.250. The Balaban J connectivity index is 1.82. The van der Waals surface area contributed by atoms with E-state index < -0.39 is 0 Å². The van der Waals surface area contributed by atoms with Gasteiger partial charge in [0.25, 0.3) is 5.91 Å². The lowest BCUT2D eigenvalue weighted by Crippen LogP contribution is -2.25. The van der Waals surface area contributed by atoms with E-state index in [0.29, 0.717) is 18.7 Å². The van der Waals surface area contributed by atoms with E-state index in [1.165, 1.54) is 0 Å². The molecule has 0 radical (unpaired) electrons. The van der Waals surface area contributed by atoms with Gasteiger partial charge in [0.05, 0.1) is 12.9 Å². The third kappa shape index (κ3) is 4.79. The number of carbonyl (C=O) groups excluding carboxylic acids is 1. The zero-order valence-corrected chi connectivity index (χ0v) is 11.7. The number of aromatic nitrogens is 2. The quantitative estimate of drug-likeness (QED) is 0.635. The molecule has 0 saturated carbocycles. The topological polar surface area (TPSA) is 72.9 Å². The molecule has 0 saturated heterocycles. The second-order valence-corrected chi connectivity index (χ2v) is 4.50. The van der Waals surface area contributed by atoms with E-state index in [0.717, 1.165) is 18.5 Å². The van der Waals surface area contributed by atoms with E-state index in [4.69, 9.17) is 5.73 Å². The molecule has 0 bridgehead atoms. The molecular formula is C16H18N4O. The van der Waals surface area contributed by atoms with E-state index in [1.54, 1.807) is 24.7 Å². The molecule has 0 spiro atoms. The van der Waals surface area contributed by atoms with Crippen molar-refractivity contribution >= 4 is 5.91 Å². The summed E-state index contributed by atoms with van der Waals surface area (Å²) in [5, 5.41) is 2.90. The first-order valence-electron chi connectivity index (χ1n) is 6.82. The molecule has 1 aromatic heterocycles. The van der Waals surface area contributed by atoms with Crippen LogP contribution in [0, 0.1) is 11.8 Å². The highest BCUT2D eigenvalue weighted by atomic mass is 16.1. The van der Waals surface area contributed by atoms with E-state index in [-0.39, 0.29) is 5.91 Å². The van der Waals surface area contributed by atoms with Gasteiger partial charge in [-0.15, -0.1) is 0 Å². The average molecular weight is 282 g/mol. The number of imidazole rings is 1. The van der Waals surface area contributed by atoms with Crippen molar-refractivity contribution in [3.8, 4) is 11.8 Å². The number of nitrogens with one attached hydrogen (secondary N) is 1. The van der Waals surface area contributed by atoms with Gasteiger partial charge in [-0.2, -0.15) is 0 Å². The molecule has 21 heavy (non-hydrogen) atoms. The van der Waals surface area contributed by atoms with Gasteiger partial charge in [-0.25, -0.2) is 4.98 Å². The number of hydrogen-bond donors (Lipinski definition) is 2. The Labute approximate surface area is 124 Å². The van der Waals surface area contributed by atoms with Crippen LogP contribution in [-0.4, -0.2) is 28.5 Å². The third-order valence-corrected chi connectivity index (χ3v) is 2.90. The summed E-state index contributed by atoms with van der Waals surface area (Å²) in [7, 11) is 0. The maximum absolute atomic E-state index is 12.0. The zero-order valence-electron chi connectivity index (χ0n) is 11.7. The predicted molar refractivity (Wildman–Crippen MR) is 81.6 cm³/mol. The molecule has 0 atom stereocenters. The van der Waals surface area contributed by atoms with Crippen LogP contribution in [0.15, 0.2) is 43.0 Å². The van der Waals surface area contributed by atoms with Crippen LogP contribution in [0.5, 0.6) is 0 Å². The Morgan fingerprint density at radius 1 is 1.43 bits per heavy atom. The number of hydrogen-bond acceptors (Lipinski definition) is 3. The first kappa shape index (κ1) is 14.8. The molecule has 0 unspecified atom stereocenters. The normalized spacial score (nSPS) is 9.76. The lowest BCUT2D eigenvalue weighted by molar-refractivity contribution is 0.0952. The second-order valence-electron chi connectivity index (χ2n) is 4.50. The summed E-state index contributed by atoms with van der Waals surface area (Å²) in [5.74, 6) is 5.61. The number of benzene rings is 1. The number of amides is 1. The molecule has 2 aromatic rings. The molecule has 2 rings (SSSR count). The standard InChI is InChI=1S/C16H18N4O/c17-7-2-5-14-4-1-6-15(12-14)16(21)19-8-3-10-20-11-9-18-13-20/h1,4,6,9,11-13H,3,7-8,10,17H2,(H,19,21). The van der Waals surface area contributed by atoms with Gasteiger partial charge in [-0.1, -0.05) is 17.9 Å². The van der Waals surface area contributed by atoms with E-state index in [9.17, 15) is 4.79 Å². The summed E-state index contributed by atoms with van der Waals surface area (Å²) in [6.45, 7) is 1.77. The summed E-state index contributed by atoms with van der Waals surface area (Å²) in [4.78, 5) is 16.0. The summed E-state index contributed by atoms with van der Waals surface area (Å²) in [6, 6.07) is 7.23. The van der Waals surface area contributed by atoms with Crippen molar-refractivity contribution in [3.63, 3.8) is 0 Å². The first-order chi connectivity index (χ1) is 10.3. The van der Waals surface area contributed by atoms with Crippen molar-refractivity contribution < 1.29 is 4.79 Å². The van der Waals surface area contributed by atoms with E-state index in [1.807, 2.05) is 22.9 Å². The lowest BCUT2D eigenvalue weighted by Gasteiger charge is -2.06. The molecule has 1 amide bonds. The molecule has 1 aromatic carbocycles. The number of aryl methyl sites for hydroxylation is 1. The molecule has 3 N–H and O–H groups in total. The van der Waals surface area contributed by atoms with Gasteiger partial charge in [0.2, 0.25) is 0 Å². The van der Waals surface area contributed by atoms with Gasteiger partial charge in [0, 0.05) is 36.6 Å². The average Bonchev–Trinajstić information content (AvgIpc) is 3.03. The van der Waals surface area contributed by atoms with Gasteiger partial charge in [-0.05, 0) is 24.6 Å². The SMILES string of the molecule is NCC#Cc1cccc(C(=O)NCCCn2ccnc2)c1. The maximum Gasteiger partial charge on any atom is 0.251 e. The zero-order chi connectivity index (χ0) is 14.9. The molecule has 108 valence electrons. The van der Waals surface area contributed by atoms with Gasteiger partial charge in [-0.3, -0.25) is 4.79 Å². The number of nitrogens with zero attached hydrogens (tertiary/aromatic N) is 2. The Bertz CT molecular complexity index is 638. The van der Waals surface area contributed by atoms with Crippen LogP contribution in [0.25, 0.3) is 0 Å². The number of nitrogens with two attached hydrogens (primary N) is 1. The highest BCUT2D eigenvalue weighted by molar-refractivity contribution is 5.94. The van der Waals surface area contributed by atoms with Crippen molar-refractivity contribution in [2.24, 2.45) is 5.73 Å². The third-order valence-electron chi connectivity index (χ3n) is 2.90. The van der Waals surface area contributed by atoms with Crippen molar-refractivity contribution in [2.45, 2.75) is 13.0 Å². The van der Waals surface area contributed by atoms with Crippen LogP contribution >= 0.6 is 0 Å². The first-order valence-corrected chi connectivity index (χ1v) is 6.82. The van der Waals surface area contributed by atoms with E-state index >= 15 is 0 Å². The van der Waals surface area contributed by atoms with E-state index in [2.05, 4.69) is 22.1 Å². The van der Waals surface area contributed by atoms with Crippen LogP contribution in [0.3, 0.4) is 0 Å². The van der Waals surface area contributed by atoms with Crippen molar-refractivity contribution in [3.05, 3.63) is 54.1 Å². The fourth-order valence-corrected chi connectivity index (χ4v) is 1.88. The van der Waals surface area contributed by atoms with Crippen LogP contribution < -0.4 is 11.1 Å². The van der Waals surface area contributed by atoms with Crippen molar-refractivity contribution in [1.29, 1.82) is 0 Å². The Kier molecular flexibility index (Phi) is 5.56. The summed E-state index contributed by atoms with van der Waals surface area (Å²) < 4.78 is 1.98. The maximum atomic E-state index is 12.0. The Morgan fingerprint density at radius 3 is 3.10 bits per heavy atom. The minimum absolute atomic E-state index is 0.0861. The smallest absolute Gasteiger partial charge is 0.251 e. The second kappa shape index (κ2) is 7.88. The molecule has 0 fully saturated rings.